The van der Waals surface area contributed by atoms with Crippen molar-refractivity contribution >= 4 is 5.91 Å². The molecule has 20 heavy (non-hydrogen) atoms. The van der Waals surface area contributed by atoms with Crippen molar-refractivity contribution in [1.29, 1.82) is 0 Å². The van der Waals surface area contributed by atoms with Gasteiger partial charge in [0, 0.05) is 25.3 Å². The molecule has 0 aromatic carbocycles. The van der Waals surface area contributed by atoms with Gasteiger partial charge in [-0.05, 0) is 43.9 Å². The smallest absolute Gasteiger partial charge is 0.227 e. The van der Waals surface area contributed by atoms with E-state index in [0.717, 1.165) is 30.5 Å². The van der Waals surface area contributed by atoms with Crippen molar-refractivity contribution in [2.45, 2.75) is 64.3 Å². The molecule has 1 amide bonds. The van der Waals surface area contributed by atoms with Crippen LogP contribution in [0.15, 0.2) is 4.52 Å². The minimum atomic E-state index is 0.129. The minimum absolute atomic E-state index is 0.129. The maximum atomic E-state index is 12.0. The zero-order valence-electron chi connectivity index (χ0n) is 12.1. The average Bonchev–Trinajstić information content (AvgIpc) is 3.33. The highest BCUT2D eigenvalue weighted by molar-refractivity contribution is 5.76. The first-order chi connectivity index (χ1) is 9.76. The molecule has 2 aliphatic rings. The molecule has 2 saturated carbocycles. The summed E-state index contributed by atoms with van der Waals surface area (Å²) in [6, 6.07) is 0.431. The summed E-state index contributed by atoms with van der Waals surface area (Å²) in [4.78, 5) is 16.3. The van der Waals surface area contributed by atoms with Gasteiger partial charge in [-0.3, -0.25) is 4.79 Å². The largest absolute Gasteiger partial charge is 0.353 e. The fourth-order valence-electron chi connectivity index (χ4n) is 2.73. The summed E-state index contributed by atoms with van der Waals surface area (Å²) in [6.07, 6.45) is 7.97. The average molecular weight is 277 g/mol. The van der Waals surface area contributed by atoms with E-state index in [4.69, 9.17) is 4.52 Å². The van der Waals surface area contributed by atoms with Crippen LogP contribution in [0.2, 0.25) is 0 Å². The van der Waals surface area contributed by atoms with Gasteiger partial charge in [-0.15, -0.1) is 0 Å². The third-order valence-corrected chi connectivity index (χ3v) is 4.14. The molecule has 2 aliphatic carbocycles. The van der Waals surface area contributed by atoms with Crippen LogP contribution in [0.3, 0.4) is 0 Å². The van der Waals surface area contributed by atoms with E-state index in [9.17, 15) is 4.79 Å². The van der Waals surface area contributed by atoms with Crippen molar-refractivity contribution in [1.82, 2.24) is 15.5 Å². The number of nitrogens with zero attached hydrogens (tertiary/aromatic N) is 2. The molecule has 1 heterocycles. The van der Waals surface area contributed by atoms with Crippen molar-refractivity contribution in [3.63, 3.8) is 0 Å². The Kier molecular flexibility index (Phi) is 4.03. The zero-order chi connectivity index (χ0) is 13.9. The van der Waals surface area contributed by atoms with Gasteiger partial charge in [0.1, 0.15) is 0 Å². The molecule has 5 nitrogen and oxygen atoms in total. The summed E-state index contributed by atoms with van der Waals surface area (Å²) in [5.74, 6) is 2.94. The van der Waals surface area contributed by atoms with Gasteiger partial charge in [0.2, 0.25) is 11.8 Å². The Labute approximate surface area is 119 Å². The highest BCUT2D eigenvalue weighted by Crippen LogP contribution is 2.44. The Morgan fingerprint density at radius 3 is 2.60 bits per heavy atom. The molecule has 0 aliphatic heterocycles. The molecular weight excluding hydrogens is 254 g/mol. The fourth-order valence-corrected chi connectivity index (χ4v) is 2.73. The van der Waals surface area contributed by atoms with Crippen LogP contribution >= 0.6 is 0 Å². The van der Waals surface area contributed by atoms with Gasteiger partial charge in [0.15, 0.2) is 5.82 Å². The Balaban J connectivity index is 1.43. The van der Waals surface area contributed by atoms with E-state index in [0.29, 0.717) is 24.8 Å². The van der Waals surface area contributed by atoms with Crippen LogP contribution in [0.25, 0.3) is 0 Å². The van der Waals surface area contributed by atoms with E-state index < -0.39 is 0 Å². The van der Waals surface area contributed by atoms with E-state index in [1.54, 1.807) is 0 Å². The third kappa shape index (κ3) is 3.58. The lowest BCUT2D eigenvalue weighted by atomic mass is 10.1. The molecule has 1 N–H and O–H groups in total. The van der Waals surface area contributed by atoms with Gasteiger partial charge >= 0.3 is 0 Å². The second-order valence-corrected chi connectivity index (χ2v) is 6.12. The molecule has 3 rings (SSSR count). The normalized spacial score (nSPS) is 18.5. The number of hydrogen-bond donors (Lipinski definition) is 1. The monoisotopic (exact) mass is 277 g/mol. The van der Waals surface area contributed by atoms with Crippen LogP contribution in [0.4, 0.5) is 0 Å². The quantitative estimate of drug-likeness (QED) is 0.791. The van der Waals surface area contributed by atoms with E-state index in [1.165, 1.54) is 25.7 Å². The molecule has 2 fully saturated rings. The van der Waals surface area contributed by atoms with Crippen molar-refractivity contribution in [3.8, 4) is 0 Å². The lowest BCUT2D eigenvalue weighted by Gasteiger charge is -2.17. The lowest BCUT2D eigenvalue weighted by Crippen LogP contribution is -2.38. The van der Waals surface area contributed by atoms with Gasteiger partial charge in [-0.25, -0.2) is 0 Å². The summed E-state index contributed by atoms with van der Waals surface area (Å²) in [6.45, 7) is 2.08. The Morgan fingerprint density at radius 2 is 2.00 bits per heavy atom. The number of carbonyl (C=O) groups is 1. The predicted octanol–water partition coefficient (Wildman–Crippen LogP) is 2.26. The van der Waals surface area contributed by atoms with Gasteiger partial charge in [-0.2, -0.15) is 4.98 Å². The Bertz CT molecular complexity index is 451. The van der Waals surface area contributed by atoms with Gasteiger partial charge < -0.3 is 9.84 Å². The highest BCUT2D eigenvalue weighted by Gasteiger charge is 2.42. The molecule has 0 unspecified atom stereocenters. The Morgan fingerprint density at radius 1 is 1.30 bits per heavy atom. The minimum Gasteiger partial charge on any atom is -0.353 e. The zero-order valence-corrected chi connectivity index (χ0v) is 12.1. The molecule has 0 atom stereocenters. The molecule has 1 aromatic heterocycles. The van der Waals surface area contributed by atoms with Gasteiger partial charge in [0.25, 0.3) is 0 Å². The molecule has 1 aromatic rings. The summed E-state index contributed by atoms with van der Waals surface area (Å²) in [7, 11) is 0. The topological polar surface area (TPSA) is 68.0 Å². The van der Waals surface area contributed by atoms with Crippen LogP contribution in [0.5, 0.6) is 0 Å². The summed E-state index contributed by atoms with van der Waals surface area (Å²) < 4.78 is 5.15. The predicted molar refractivity (Wildman–Crippen MR) is 74.0 cm³/mol. The molecular formula is C15H23N3O2. The summed E-state index contributed by atoms with van der Waals surface area (Å²) in [5, 5.41) is 7.12. The molecule has 0 spiro atoms. The van der Waals surface area contributed by atoms with Gasteiger partial charge in [-0.1, -0.05) is 12.1 Å². The summed E-state index contributed by atoms with van der Waals surface area (Å²) >= 11 is 0. The Hall–Kier alpha value is -1.39. The van der Waals surface area contributed by atoms with E-state index in [1.807, 2.05) is 0 Å². The fraction of sp³-hybridized carbons (Fsp3) is 0.800. The third-order valence-electron chi connectivity index (χ3n) is 4.14. The molecule has 110 valence electrons. The second kappa shape index (κ2) is 5.94. The number of aryl methyl sites for hydroxylation is 2. The molecule has 5 heteroatoms. The van der Waals surface area contributed by atoms with Crippen LogP contribution in [0, 0.1) is 11.8 Å². The number of carbonyl (C=O) groups excluding carboxylic acids is 1. The number of rotatable bonds is 8. The maximum Gasteiger partial charge on any atom is 0.227 e. The summed E-state index contributed by atoms with van der Waals surface area (Å²) in [5.41, 5.74) is 0. The highest BCUT2D eigenvalue weighted by atomic mass is 16.5. The standard InChI is InChI=1S/C15H23N3O2/c1-2-3-12-16-14(20-18-12)9-8-13(19)17-15(10-4-5-10)11-6-7-11/h10-11,15H,2-9H2,1H3,(H,17,19). The first-order valence-corrected chi connectivity index (χ1v) is 7.87. The SMILES string of the molecule is CCCc1noc(CCC(=O)NC(C2CC2)C2CC2)n1. The van der Waals surface area contributed by atoms with Crippen molar-refractivity contribution in [3.05, 3.63) is 11.7 Å². The molecule has 0 bridgehead atoms. The first kappa shape index (κ1) is 13.6. The van der Waals surface area contributed by atoms with Crippen molar-refractivity contribution in [2.24, 2.45) is 11.8 Å². The second-order valence-electron chi connectivity index (χ2n) is 6.12. The van der Waals surface area contributed by atoms with Crippen molar-refractivity contribution < 1.29 is 9.32 Å². The van der Waals surface area contributed by atoms with Crippen LogP contribution in [0.1, 0.15) is 57.2 Å². The van der Waals surface area contributed by atoms with Crippen LogP contribution < -0.4 is 5.32 Å². The molecule has 0 radical (unpaired) electrons. The number of hydrogen-bond acceptors (Lipinski definition) is 4. The number of nitrogens with one attached hydrogen (secondary N) is 1. The lowest BCUT2D eigenvalue weighted by molar-refractivity contribution is -0.122. The molecule has 0 saturated heterocycles. The van der Waals surface area contributed by atoms with E-state index >= 15 is 0 Å². The number of aromatic nitrogens is 2. The maximum absolute atomic E-state index is 12.0. The first-order valence-electron chi connectivity index (χ1n) is 7.87. The number of amides is 1. The van der Waals surface area contributed by atoms with Gasteiger partial charge in [0.05, 0.1) is 0 Å². The van der Waals surface area contributed by atoms with Crippen LogP contribution in [-0.2, 0) is 17.6 Å². The van der Waals surface area contributed by atoms with Crippen LogP contribution in [-0.4, -0.2) is 22.1 Å². The van der Waals surface area contributed by atoms with E-state index in [-0.39, 0.29) is 5.91 Å². The van der Waals surface area contributed by atoms with E-state index in [2.05, 4.69) is 22.4 Å². The van der Waals surface area contributed by atoms with Crippen molar-refractivity contribution in [2.75, 3.05) is 0 Å².